The third-order valence-corrected chi connectivity index (χ3v) is 2.38. The van der Waals surface area contributed by atoms with Gasteiger partial charge in [-0.25, -0.2) is 4.68 Å². The molecule has 15 heavy (non-hydrogen) atoms. The predicted octanol–water partition coefficient (Wildman–Crippen LogP) is 1.22. The first-order chi connectivity index (χ1) is 7.22. The van der Waals surface area contributed by atoms with Crippen LogP contribution in [0.3, 0.4) is 0 Å². The van der Waals surface area contributed by atoms with Gasteiger partial charge in [-0.2, -0.15) is 5.10 Å². The van der Waals surface area contributed by atoms with Crippen LogP contribution in [-0.4, -0.2) is 9.78 Å². The highest BCUT2D eigenvalue weighted by Crippen LogP contribution is 2.16. The van der Waals surface area contributed by atoms with E-state index in [1.54, 1.807) is 10.9 Å². The van der Waals surface area contributed by atoms with Gasteiger partial charge in [0, 0.05) is 12.1 Å². The molecule has 2 aromatic rings. The molecule has 0 aliphatic rings. The number of hydrogen-bond acceptors (Lipinski definition) is 3. The summed E-state index contributed by atoms with van der Waals surface area (Å²) in [5, 5.41) is 4.20. The maximum Gasteiger partial charge on any atom is 0.131 e. The van der Waals surface area contributed by atoms with Crippen LogP contribution >= 0.6 is 0 Å². The third kappa shape index (κ3) is 1.71. The number of rotatable bonds is 2. The van der Waals surface area contributed by atoms with E-state index in [2.05, 4.69) is 5.10 Å². The Kier molecular flexibility index (Phi) is 2.43. The average Bonchev–Trinajstić information content (AvgIpc) is 2.61. The SMILES string of the molecule is Cc1ccc(-n2ncc(CN)c2N)cc1. The fourth-order valence-corrected chi connectivity index (χ4v) is 1.44. The monoisotopic (exact) mass is 202 g/mol. The molecule has 0 radical (unpaired) electrons. The molecule has 1 heterocycles. The first-order valence-corrected chi connectivity index (χ1v) is 4.82. The minimum absolute atomic E-state index is 0.414. The van der Waals surface area contributed by atoms with Crippen LogP contribution in [0.4, 0.5) is 5.82 Å². The zero-order valence-corrected chi connectivity index (χ0v) is 8.64. The molecule has 0 unspecified atom stereocenters. The lowest BCUT2D eigenvalue weighted by molar-refractivity contribution is 0.890. The molecule has 0 saturated heterocycles. The van der Waals surface area contributed by atoms with Gasteiger partial charge in [0.15, 0.2) is 0 Å². The molecule has 0 atom stereocenters. The Morgan fingerprint density at radius 2 is 1.93 bits per heavy atom. The molecule has 2 rings (SSSR count). The second kappa shape index (κ2) is 3.74. The number of benzene rings is 1. The van der Waals surface area contributed by atoms with Crippen LogP contribution < -0.4 is 11.5 Å². The quantitative estimate of drug-likeness (QED) is 0.769. The van der Waals surface area contributed by atoms with Crippen molar-refractivity contribution in [2.75, 3.05) is 5.73 Å². The molecular weight excluding hydrogens is 188 g/mol. The van der Waals surface area contributed by atoms with E-state index >= 15 is 0 Å². The Morgan fingerprint density at radius 3 is 2.47 bits per heavy atom. The summed E-state index contributed by atoms with van der Waals surface area (Å²) in [6.45, 7) is 2.46. The molecule has 0 fully saturated rings. The van der Waals surface area contributed by atoms with E-state index in [1.165, 1.54) is 5.56 Å². The van der Waals surface area contributed by atoms with Crippen molar-refractivity contribution in [1.82, 2.24) is 9.78 Å². The van der Waals surface area contributed by atoms with Gasteiger partial charge in [-0.05, 0) is 19.1 Å². The highest BCUT2D eigenvalue weighted by molar-refractivity contribution is 5.47. The third-order valence-electron chi connectivity index (χ3n) is 2.38. The zero-order chi connectivity index (χ0) is 10.8. The fraction of sp³-hybridized carbons (Fsp3) is 0.182. The number of nitrogens with two attached hydrogens (primary N) is 2. The van der Waals surface area contributed by atoms with E-state index in [4.69, 9.17) is 11.5 Å². The Morgan fingerprint density at radius 1 is 1.27 bits per heavy atom. The Bertz CT molecular complexity index is 456. The maximum absolute atomic E-state index is 5.90. The normalized spacial score (nSPS) is 10.5. The molecule has 0 amide bonds. The maximum atomic E-state index is 5.90. The van der Waals surface area contributed by atoms with Gasteiger partial charge in [-0.1, -0.05) is 17.7 Å². The molecule has 0 aliphatic heterocycles. The number of aromatic nitrogens is 2. The molecule has 0 saturated carbocycles. The lowest BCUT2D eigenvalue weighted by Gasteiger charge is -2.04. The minimum Gasteiger partial charge on any atom is -0.383 e. The van der Waals surface area contributed by atoms with Gasteiger partial charge >= 0.3 is 0 Å². The summed E-state index contributed by atoms with van der Waals surface area (Å²) in [5.41, 5.74) is 14.5. The van der Waals surface area contributed by atoms with Crippen molar-refractivity contribution in [3.8, 4) is 5.69 Å². The summed E-state index contributed by atoms with van der Waals surface area (Å²) in [7, 11) is 0. The molecule has 4 nitrogen and oxygen atoms in total. The van der Waals surface area contributed by atoms with Crippen molar-refractivity contribution in [2.45, 2.75) is 13.5 Å². The highest BCUT2D eigenvalue weighted by atomic mass is 15.3. The smallest absolute Gasteiger partial charge is 0.131 e. The number of anilines is 1. The Hall–Kier alpha value is -1.81. The van der Waals surface area contributed by atoms with E-state index in [1.807, 2.05) is 31.2 Å². The molecule has 1 aromatic carbocycles. The van der Waals surface area contributed by atoms with Crippen LogP contribution in [0.2, 0.25) is 0 Å². The molecule has 0 bridgehead atoms. The van der Waals surface area contributed by atoms with Gasteiger partial charge in [-0.3, -0.25) is 0 Å². The first kappa shape index (κ1) is 9.73. The zero-order valence-electron chi connectivity index (χ0n) is 8.64. The number of hydrogen-bond donors (Lipinski definition) is 2. The van der Waals surface area contributed by atoms with E-state index < -0.39 is 0 Å². The largest absolute Gasteiger partial charge is 0.383 e. The number of aryl methyl sites for hydroxylation is 1. The lowest BCUT2D eigenvalue weighted by atomic mass is 10.2. The van der Waals surface area contributed by atoms with Gasteiger partial charge < -0.3 is 11.5 Å². The molecule has 4 N–H and O–H groups in total. The number of nitrogens with zero attached hydrogens (tertiary/aromatic N) is 2. The van der Waals surface area contributed by atoms with Crippen molar-refractivity contribution in [1.29, 1.82) is 0 Å². The summed E-state index contributed by atoms with van der Waals surface area (Å²) < 4.78 is 1.70. The van der Waals surface area contributed by atoms with Crippen molar-refractivity contribution < 1.29 is 0 Å². The summed E-state index contributed by atoms with van der Waals surface area (Å²) in [6, 6.07) is 8.02. The van der Waals surface area contributed by atoms with E-state index in [0.717, 1.165) is 11.3 Å². The van der Waals surface area contributed by atoms with Crippen LogP contribution in [0.5, 0.6) is 0 Å². The molecule has 0 spiro atoms. The second-order valence-corrected chi connectivity index (χ2v) is 3.51. The van der Waals surface area contributed by atoms with E-state index in [9.17, 15) is 0 Å². The van der Waals surface area contributed by atoms with Gasteiger partial charge in [0.1, 0.15) is 5.82 Å². The van der Waals surface area contributed by atoms with Crippen LogP contribution in [0.25, 0.3) is 5.69 Å². The fourth-order valence-electron chi connectivity index (χ4n) is 1.44. The molecule has 4 heteroatoms. The van der Waals surface area contributed by atoms with Crippen molar-refractivity contribution in [2.24, 2.45) is 5.73 Å². The molecule has 0 aliphatic carbocycles. The highest BCUT2D eigenvalue weighted by Gasteiger charge is 2.06. The Labute approximate surface area is 88.5 Å². The van der Waals surface area contributed by atoms with E-state index in [0.29, 0.717) is 12.4 Å². The molecular formula is C11H14N4. The van der Waals surface area contributed by atoms with Gasteiger partial charge in [-0.15, -0.1) is 0 Å². The summed E-state index contributed by atoms with van der Waals surface area (Å²) in [5.74, 6) is 0.612. The molecule has 78 valence electrons. The summed E-state index contributed by atoms with van der Waals surface area (Å²) in [6.07, 6.45) is 1.70. The lowest BCUT2D eigenvalue weighted by Crippen LogP contribution is -2.05. The van der Waals surface area contributed by atoms with Crippen LogP contribution in [0.1, 0.15) is 11.1 Å². The standard InChI is InChI=1S/C11H14N4/c1-8-2-4-10(5-3-8)15-11(13)9(6-12)7-14-15/h2-5,7H,6,12-13H2,1H3. The van der Waals surface area contributed by atoms with Gasteiger partial charge in [0.05, 0.1) is 11.9 Å². The number of nitrogen functional groups attached to an aromatic ring is 1. The average molecular weight is 202 g/mol. The second-order valence-electron chi connectivity index (χ2n) is 3.51. The van der Waals surface area contributed by atoms with Crippen molar-refractivity contribution >= 4 is 5.82 Å². The Balaban J connectivity index is 2.45. The predicted molar refractivity (Wildman–Crippen MR) is 60.6 cm³/mol. The topological polar surface area (TPSA) is 69.9 Å². The summed E-state index contributed by atoms with van der Waals surface area (Å²) >= 11 is 0. The van der Waals surface area contributed by atoms with E-state index in [-0.39, 0.29) is 0 Å². The van der Waals surface area contributed by atoms with Gasteiger partial charge in [0.25, 0.3) is 0 Å². The summed E-state index contributed by atoms with van der Waals surface area (Å²) in [4.78, 5) is 0. The minimum atomic E-state index is 0.414. The van der Waals surface area contributed by atoms with Crippen molar-refractivity contribution in [3.05, 3.63) is 41.6 Å². The van der Waals surface area contributed by atoms with Crippen molar-refractivity contribution in [3.63, 3.8) is 0 Å². The van der Waals surface area contributed by atoms with Crippen LogP contribution in [-0.2, 0) is 6.54 Å². The van der Waals surface area contributed by atoms with Crippen LogP contribution in [0.15, 0.2) is 30.5 Å². The van der Waals surface area contributed by atoms with Gasteiger partial charge in [0.2, 0.25) is 0 Å². The first-order valence-electron chi connectivity index (χ1n) is 4.82. The van der Waals surface area contributed by atoms with Crippen LogP contribution in [0, 0.1) is 6.92 Å². The molecule has 1 aromatic heterocycles.